The first-order valence-electron chi connectivity index (χ1n) is 4.82. The highest BCUT2D eigenvalue weighted by atomic mass is 35.5. The molecular weight excluding hydrogens is 282 g/mol. The topological polar surface area (TPSA) is 89.5 Å². The van der Waals surface area contributed by atoms with Gasteiger partial charge in [0, 0.05) is 6.42 Å². The van der Waals surface area contributed by atoms with E-state index >= 15 is 0 Å². The van der Waals surface area contributed by atoms with Crippen LogP contribution in [0, 0.1) is 0 Å². The van der Waals surface area contributed by atoms with Crippen molar-refractivity contribution in [2.45, 2.75) is 11.3 Å². The van der Waals surface area contributed by atoms with Crippen molar-refractivity contribution >= 4 is 21.9 Å². The molecule has 1 aromatic heterocycles. The summed E-state index contributed by atoms with van der Waals surface area (Å²) in [4.78, 5) is 10.6. The highest BCUT2D eigenvalue weighted by molar-refractivity contribution is 7.85. The maximum atomic E-state index is 11.4. The van der Waals surface area contributed by atoms with Crippen LogP contribution in [0.5, 0.6) is 0 Å². The van der Waals surface area contributed by atoms with Gasteiger partial charge in [-0.2, -0.15) is 8.42 Å². The van der Waals surface area contributed by atoms with Crippen molar-refractivity contribution in [2.75, 3.05) is 0 Å². The van der Waals surface area contributed by atoms with Crippen molar-refractivity contribution in [1.82, 2.24) is 4.26 Å². The molecule has 2 aromatic rings. The third kappa shape index (κ3) is 2.47. The van der Waals surface area contributed by atoms with E-state index in [2.05, 4.69) is 0 Å². The molecule has 1 aromatic carbocycles. The van der Waals surface area contributed by atoms with E-state index in [0.717, 1.165) is 0 Å². The van der Waals surface area contributed by atoms with Gasteiger partial charge in [-0.3, -0.25) is 9.35 Å². The number of benzene rings is 1. The lowest BCUT2D eigenvalue weighted by Gasteiger charge is -1.98. The average molecular weight is 290 g/mol. The molecule has 2 rings (SSSR count). The van der Waals surface area contributed by atoms with Crippen LogP contribution in [0.15, 0.2) is 44.5 Å². The van der Waals surface area contributed by atoms with Crippen LogP contribution in [-0.4, -0.2) is 17.2 Å². The highest BCUT2D eigenvalue weighted by Gasteiger charge is 2.27. The predicted octanol–water partition coefficient (Wildman–Crippen LogP) is 1.28. The summed E-state index contributed by atoms with van der Waals surface area (Å²) in [5.41, 5.74) is -0.390. The van der Waals surface area contributed by atoms with Gasteiger partial charge in [0.15, 0.2) is 5.76 Å². The lowest BCUT2D eigenvalue weighted by Crippen LogP contribution is -2.16. The van der Waals surface area contributed by atoms with E-state index < -0.39 is 20.6 Å². The van der Waals surface area contributed by atoms with E-state index in [9.17, 15) is 13.2 Å². The second-order valence-corrected chi connectivity index (χ2v) is 5.20. The van der Waals surface area contributed by atoms with Crippen LogP contribution in [0.4, 0.5) is 0 Å². The van der Waals surface area contributed by atoms with E-state index in [4.69, 9.17) is 20.9 Å². The standard InChI is InChI=1S/C10H8ClNO5S/c11-12-10(13)9(18(14,15)16)8(17-12)6-7-4-2-1-3-5-7/h1-5H,6H2,(H,14,15,16). The molecule has 18 heavy (non-hydrogen) atoms. The average Bonchev–Trinajstić information content (AvgIpc) is 2.55. The zero-order valence-electron chi connectivity index (χ0n) is 8.91. The molecule has 0 bridgehead atoms. The van der Waals surface area contributed by atoms with Crippen molar-refractivity contribution in [3.05, 3.63) is 52.0 Å². The van der Waals surface area contributed by atoms with Gasteiger partial charge in [0.25, 0.3) is 0 Å². The van der Waals surface area contributed by atoms with Crippen LogP contribution in [0.2, 0.25) is 0 Å². The predicted molar refractivity (Wildman–Crippen MR) is 63.3 cm³/mol. The van der Waals surface area contributed by atoms with Gasteiger partial charge in [-0.15, -0.1) is 0 Å². The summed E-state index contributed by atoms with van der Waals surface area (Å²) >= 11 is 5.37. The van der Waals surface area contributed by atoms with Gasteiger partial charge in [0.1, 0.15) is 0 Å². The molecule has 0 fully saturated rings. The smallest absolute Gasteiger partial charge is 0.320 e. The Bertz CT molecular complexity index is 716. The molecule has 0 saturated carbocycles. The van der Waals surface area contributed by atoms with Gasteiger partial charge < -0.3 is 4.52 Å². The van der Waals surface area contributed by atoms with Crippen molar-refractivity contribution < 1.29 is 17.5 Å². The summed E-state index contributed by atoms with van der Waals surface area (Å²) in [5, 5.41) is 0. The fourth-order valence-corrected chi connectivity index (χ4v) is 2.45. The molecule has 1 heterocycles. The van der Waals surface area contributed by atoms with Crippen LogP contribution in [0.3, 0.4) is 0 Å². The molecule has 0 radical (unpaired) electrons. The third-order valence-corrected chi connectivity index (χ3v) is 3.40. The summed E-state index contributed by atoms with van der Waals surface area (Å²) < 4.78 is 36.2. The Hall–Kier alpha value is -1.57. The SMILES string of the molecule is O=c1c(S(=O)(=O)O)c(Cc2ccccc2)on1Cl. The van der Waals surface area contributed by atoms with Gasteiger partial charge >= 0.3 is 15.7 Å². The molecule has 0 unspecified atom stereocenters. The Balaban J connectivity index is 2.53. The van der Waals surface area contributed by atoms with Crippen molar-refractivity contribution in [1.29, 1.82) is 0 Å². The minimum atomic E-state index is -4.67. The molecule has 8 heteroatoms. The summed E-state index contributed by atoms with van der Waals surface area (Å²) in [5.74, 6) is -0.205. The fourth-order valence-electron chi connectivity index (χ4n) is 1.53. The summed E-state index contributed by atoms with van der Waals surface area (Å²) in [7, 11) is -4.67. The molecule has 0 spiro atoms. The first-order chi connectivity index (χ1) is 8.39. The van der Waals surface area contributed by atoms with E-state index in [0.29, 0.717) is 5.56 Å². The first kappa shape index (κ1) is 12.9. The van der Waals surface area contributed by atoms with Crippen LogP contribution in [-0.2, 0) is 16.5 Å². The number of hydrogen-bond acceptors (Lipinski definition) is 4. The molecule has 0 aliphatic carbocycles. The maximum Gasteiger partial charge on any atom is 0.320 e. The molecule has 0 atom stereocenters. The molecule has 96 valence electrons. The Kier molecular flexibility index (Phi) is 3.29. The van der Waals surface area contributed by atoms with Gasteiger partial charge in [-0.05, 0) is 5.56 Å². The van der Waals surface area contributed by atoms with Crippen LogP contribution >= 0.6 is 11.8 Å². The third-order valence-electron chi connectivity index (χ3n) is 2.26. The summed E-state index contributed by atoms with van der Waals surface area (Å²) in [6.45, 7) is 0. The quantitative estimate of drug-likeness (QED) is 0.860. The molecule has 6 nitrogen and oxygen atoms in total. The Morgan fingerprint density at radius 3 is 2.44 bits per heavy atom. The number of rotatable bonds is 3. The monoisotopic (exact) mass is 289 g/mol. The fraction of sp³-hybridized carbons (Fsp3) is 0.100. The normalized spacial score (nSPS) is 11.7. The molecular formula is C10H8ClNO5S. The molecule has 0 aliphatic rings. The minimum absolute atomic E-state index is 0.0327. The second kappa shape index (κ2) is 4.60. The van der Waals surface area contributed by atoms with Gasteiger partial charge in [-0.1, -0.05) is 34.6 Å². The largest absolute Gasteiger partial charge is 0.363 e. The van der Waals surface area contributed by atoms with Crippen LogP contribution in [0.25, 0.3) is 0 Å². The van der Waals surface area contributed by atoms with E-state index in [1.54, 1.807) is 30.3 Å². The van der Waals surface area contributed by atoms with Gasteiger partial charge in [-0.25, -0.2) is 0 Å². The van der Waals surface area contributed by atoms with E-state index in [1.165, 1.54) is 0 Å². The van der Waals surface area contributed by atoms with Gasteiger partial charge in [0.2, 0.25) is 4.90 Å². The zero-order valence-corrected chi connectivity index (χ0v) is 10.5. The summed E-state index contributed by atoms with van der Waals surface area (Å²) in [6.07, 6.45) is 0.0327. The lowest BCUT2D eigenvalue weighted by molar-refractivity contribution is 0.346. The molecule has 0 aliphatic heterocycles. The van der Waals surface area contributed by atoms with E-state index in [1.807, 2.05) is 0 Å². The number of aromatic nitrogens is 1. The minimum Gasteiger partial charge on any atom is -0.363 e. The number of hydrogen-bond donors (Lipinski definition) is 1. The number of nitrogens with zero attached hydrogens (tertiary/aromatic N) is 1. The first-order valence-corrected chi connectivity index (χ1v) is 6.60. The zero-order chi connectivity index (χ0) is 13.3. The molecule has 0 saturated heterocycles. The van der Waals surface area contributed by atoms with Crippen molar-refractivity contribution in [3.8, 4) is 0 Å². The van der Waals surface area contributed by atoms with Crippen molar-refractivity contribution in [3.63, 3.8) is 0 Å². The molecule has 1 N–H and O–H groups in total. The molecule has 0 amide bonds. The maximum absolute atomic E-state index is 11.4. The lowest BCUT2D eigenvalue weighted by atomic mass is 10.1. The Labute approximate surface area is 107 Å². The Morgan fingerprint density at radius 1 is 1.28 bits per heavy atom. The summed E-state index contributed by atoms with van der Waals surface area (Å²) in [6, 6.07) is 8.73. The van der Waals surface area contributed by atoms with E-state index in [-0.39, 0.29) is 16.4 Å². The van der Waals surface area contributed by atoms with Crippen LogP contribution < -0.4 is 5.56 Å². The second-order valence-electron chi connectivity index (χ2n) is 3.53. The Morgan fingerprint density at radius 2 is 1.89 bits per heavy atom. The van der Waals surface area contributed by atoms with Gasteiger partial charge in [0.05, 0.1) is 11.8 Å². The number of halogens is 1. The van der Waals surface area contributed by atoms with Crippen LogP contribution in [0.1, 0.15) is 11.3 Å². The van der Waals surface area contributed by atoms with Crippen molar-refractivity contribution in [2.24, 2.45) is 0 Å². The highest BCUT2D eigenvalue weighted by Crippen LogP contribution is 2.17.